The van der Waals surface area contributed by atoms with Crippen LogP contribution in [0.2, 0.25) is 0 Å². The summed E-state index contributed by atoms with van der Waals surface area (Å²) in [6, 6.07) is 22.9. The van der Waals surface area contributed by atoms with Crippen molar-refractivity contribution in [2.75, 3.05) is 6.61 Å². The number of carbonyl (C=O) groups excluding carboxylic acids is 6. The van der Waals surface area contributed by atoms with Crippen LogP contribution < -0.4 is 5.32 Å². The standard InChI is InChI=1S/C47H51NO14/c1-25-31(60-43(56)36(52)35(28-16-10-7-11-17-28)48-41(54)29-18-12-8-13-19-29)23-47(57)40(61-42(55)30-20-14-9-15-21-30)38-45(6,32(51)22-33-46(38,24-58-33)62-27(3)50)39(53)37(59-26(2)49)34(25)44(47,4)5/h7-21,31-33,35-38,40,51-52,57H,22-24H2,1-6H3,(H,48,54)/t31?,32-,33+,35?,36?,37?,38-,40-,45?,46-,47+/m0/s1. The molecule has 11 atom stereocenters. The molecule has 15 nitrogen and oxygen atoms in total. The van der Waals surface area contributed by atoms with Crippen LogP contribution in [0, 0.1) is 16.7 Å². The lowest BCUT2D eigenvalue weighted by atomic mass is 9.44. The molecule has 3 aliphatic carbocycles. The molecule has 7 rings (SSSR count). The first-order valence-electron chi connectivity index (χ1n) is 20.5. The van der Waals surface area contributed by atoms with Gasteiger partial charge < -0.3 is 44.3 Å². The molecule has 0 aromatic heterocycles. The minimum Gasteiger partial charge on any atom is -0.456 e. The molecule has 2 saturated carbocycles. The first-order valence-corrected chi connectivity index (χ1v) is 20.5. The van der Waals surface area contributed by atoms with E-state index in [0.717, 1.165) is 13.8 Å². The highest BCUT2D eigenvalue weighted by Crippen LogP contribution is 2.64. The van der Waals surface area contributed by atoms with E-state index >= 15 is 4.79 Å². The van der Waals surface area contributed by atoms with E-state index in [1.54, 1.807) is 92.7 Å². The zero-order valence-electron chi connectivity index (χ0n) is 35.2. The molecule has 1 amide bonds. The molecule has 328 valence electrons. The zero-order valence-corrected chi connectivity index (χ0v) is 35.2. The van der Waals surface area contributed by atoms with E-state index in [9.17, 15) is 39.3 Å². The van der Waals surface area contributed by atoms with Crippen molar-refractivity contribution in [2.45, 2.75) is 108 Å². The summed E-state index contributed by atoms with van der Waals surface area (Å²) >= 11 is 0. The number of nitrogens with one attached hydrogen (secondary N) is 1. The highest BCUT2D eigenvalue weighted by atomic mass is 16.6. The number of aliphatic hydroxyl groups is 3. The van der Waals surface area contributed by atoms with Gasteiger partial charge in [-0.2, -0.15) is 0 Å². The molecule has 4 aliphatic rings. The van der Waals surface area contributed by atoms with E-state index in [-0.39, 0.29) is 35.3 Å². The molecule has 3 aromatic rings. The Kier molecular flexibility index (Phi) is 11.8. The first-order chi connectivity index (χ1) is 29.3. The number of ether oxygens (including phenoxy) is 5. The predicted molar refractivity (Wildman–Crippen MR) is 218 cm³/mol. The summed E-state index contributed by atoms with van der Waals surface area (Å²) in [5, 5.41) is 40.2. The summed E-state index contributed by atoms with van der Waals surface area (Å²) in [4.78, 5) is 83.5. The maximum atomic E-state index is 15.5. The van der Waals surface area contributed by atoms with Gasteiger partial charge in [-0.1, -0.05) is 80.6 Å². The van der Waals surface area contributed by atoms with Gasteiger partial charge in [0.1, 0.15) is 23.9 Å². The van der Waals surface area contributed by atoms with Crippen molar-refractivity contribution >= 4 is 35.6 Å². The number of carbonyl (C=O) groups is 6. The van der Waals surface area contributed by atoms with Crippen LogP contribution in [0.25, 0.3) is 0 Å². The van der Waals surface area contributed by atoms with Gasteiger partial charge in [0.2, 0.25) is 0 Å². The van der Waals surface area contributed by atoms with Crippen LogP contribution in [-0.2, 0) is 42.9 Å². The van der Waals surface area contributed by atoms with Gasteiger partial charge in [-0.15, -0.1) is 0 Å². The number of fused-ring (bicyclic) bond motifs is 5. The lowest BCUT2D eigenvalue weighted by molar-refractivity contribution is -0.346. The van der Waals surface area contributed by atoms with Crippen LogP contribution in [0.5, 0.6) is 0 Å². The maximum absolute atomic E-state index is 15.5. The molecule has 1 aliphatic heterocycles. The molecule has 0 radical (unpaired) electrons. The Labute approximate surface area is 358 Å². The fourth-order valence-corrected chi connectivity index (χ4v) is 10.2. The molecule has 2 bridgehead atoms. The van der Waals surface area contributed by atoms with Gasteiger partial charge >= 0.3 is 23.9 Å². The van der Waals surface area contributed by atoms with Crippen molar-refractivity contribution in [3.63, 3.8) is 0 Å². The van der Waals surface area contributed by atoms with Crippen molar-refractivity contribution in [1.82, 2.24) is 5.32 Å². The number of ketones is 1. The summed E-state index contributed by atoms with van der Waals surface area (Å²) in [6.07, 6.45) is -10.5. The minimum atomic E-state index is -2.39. The van der Waals surface area contributed by atoms with Crippen molar-refractivity contribution in [3.8, 4) is 0 Å². The van der Waals surface area contributed by atoms with Gasteiger partial charge in [-0.25, -0.2) is 9.59 Å². The molecule has 1 heterocycles. The van der Waals surface area contributed by atoms with Crippen molar-refractivity contribution in [3.05, 3.63) is 119 Å². The largest absolute Gasteiger partial charge is 0.456 e. The van der Waals surface area contributed by atoms with Crippen molar-refractivity contribution in [2.24, 2.45) is 16.7 Å². The molecule has 5 unspecified atom stereocenters. The second kappa shape index (κ2) is 16.5. The van der Waals surface area contributed by atoms with Gasteiger partial charge in [0, 0.05) is 37.7 Å². The molecule has 3 fully saturated rings. The topological polar surface area (TPSA) is 221 Å². The summed E-state index contributed by atoms with van der Waals surface area (Å²) < 4.78 is 30.3. The summed E-state index contributed by atoms with van der Waals surface area (Å²) in [6.45, 7) is 7.97. The lowest BCUT2D eigenvalue weighted by Crippen LogP contribution is -2.82. The van der Waals surface area contributed by atoms with Crippen LogP contribution in [0.3, 0.4) is 0 Å². The quantitative estimate of drug-likeness (QED) is 0.130. The fourth-order valence-electron chi connectivity index (χ4n) is 10.2. The molecule has 62 heavy (non-hydrogen) atoms. The van der Waals surface area contributed by atoms with E-state index in [4.69, 9.17) is 23.7 Å². The summed E-state index contributed by atoms with van der Waals surface area (Å²) in [5.74, 6) is -6.84. The zero-order chi connectivity index (χ0) is 44.9. The van der Waals surface area contributed by atoms with E-state index < -0.39 is 113 Å². The number of aliphatic hydroxyl groups excluding tert-OH is 2. The first kappa shape index (κ1) is 44.3. The van der Waals surface area contributed by atoms with E-state index in [2.05, 4.69) is 5.32 Å². The van der Waals surface area contributed by atoms with E-state index in [1.807, 2.05) is 0 Å². The second-order valence-corrected chi connectivity index (χ2v) is 17.4. The Bertz CT molecular complexity index is 2280. The Morgan fingerprint density at radius 3 is 1.95 bits per heavy atom. The molecular weight excluding hydrogens is 803 g/mol. The van der Waals surface area contributed by atoms with E-state index in [1.165, 1.54) is 26.0 Å². The second-order valence-electron chi connectivity index (χ2n) is 17.4. The van der Waals surface area contributed by atoms with Crippen LogP contribution in [0.4, 0.5) is 0 Å². The predicted octanol–water partition coefficient (Wildman–Crippen LogP) is 3.74. The monoisotopic (exact) mass is 853 g/mol. The van der Waals surface area contributed by atoms with Gasteiger partial charge in [0.25, 0.3) is 5.91 Å². The normalized spacial score (nSPS) is 31.9. The Balaban J connectivity index is 1.39. The van der Waals surface area contributed by atoms with Crippen molar-refractivity contribution < 1.29 is 67.8 Å². The Morgan fingerprint density at radius 2 is 1.40 bits per heavy atom. The molecule has 0 spiro atoms. The fraction of sp³-hybridized carbons (Fsp3) is 0.447. The average molecular weight is 854 g/mol. The van der Waals surface area contributed by atoms with E-state index in [0.29, 0.717) is 5.56 Å². The Morgan fingerprint density at radius 1 is 0.823 bits per heavy atom. The molecule has 3 aromatic carbocycles. The third-order valence-electron chi connectivity index (χ3n) is 13.5. The number of Topliss-reactive ketones (excluding diaryl/α,β-unsaturated/α-hetero) is 1. The van der Waals surface area contributed by atoms with Crippen LogP contribution >= 0.6 is 0 Å². The molecule has 15 heteroatoms. The number of hydrogen-bond acceptors (Lipinski definition) is 14. The van der Waals surface area contributed by atoms with Gasteiger partial charge in [0.15, 0.2) is 23.6 Å². The highest BCUT2D eigenvalue weighted by Gasteiger charge is 2.78. The average Bonchev–Trinajstić information content (AvgIpc) is 3.24. The number of benzene rings is 3. The lowest BCUT2D eigenvalue weighted by Gasteiger charge is -2.67. The van der Waals surface area contributed by atoms with Crippen LogP contribution in [0.1, 0.15) is 86.7 Å². The van der Waals surface area contributed by atoms with Gasteiger partial charge in [0.05, 0.1) is 35.6 Å². The SMILES string of the molecule is CC(=O)OC1C(=O)C2(C)[C@@H](O)C[C@H]3OC[C@@]3(OC(C)=O)[C@H]2[C@H](OC(=O)c2ccccc2)[C@]2(O)CC(OC(=O)C(O)C(NC(=O)c3ccccc3)c3ccccc3)C(C)=C1C2(C)C. The minimum absolute atomic E-state index is 0.00289. The van der Waals surface area contributed by atoms with Crippen LogP contribution in [0.15, 0.2) is 102 Å². The van der Waals surface area contributed by atoms with Gasteiger partial charge in [-0.3, -0.25) is 19.2 Å². The molecular formula is C47H51NO14. The Hall–Kier alpha value is -5.74. The number of amides is 1. The summed E-state index contributed by atoms with van der Waals surface area (Å²) in [7, 11) is 0. The molecule has 4 N–H and O–H groups in total. The third-order valence-corrected chi connectivity index (χ3v) is 13.5. The smallest absolute Gasteiger partial charge is 0.338 e. The van der Waals surface area contributed by atoms with Crippen molar-refractivity contribution in [1.29, 1.82) is 0 Å². The molecule has 1 saturated heterocycles. The summed E-state index contributed by atoms with van der Waals surface area (Å²) in [5.41, 5.74) is -7.02. The number of hydrogen-bond donors (Lipinski definition) is 4. The highest BCUT2D eigenvalue weighted by molar-refractivity contribution is 5.96. The number of esters is 4. The maximum Gasteiger partial charge on any atom is 0.338 e. The van der Waals surface area contributed by atoms with Gasteiger partial charge in [-0.05, 0) is 54.8 Å². The third kappa shape index (κ3) is 7.29. The number of rotatable bonds is 10. The van der Waals surface area contributed by atoms with Crippen LogP contribution in [-0.4, -0.2) is 105 Å².